The van der Waals surface area contributed by atoms with Crippen LogP contribution in [0.15, 0.2) is 0 Å². The van der Waals surface area contributed by atoms with Gasteiger partial charge in [-0.3, -0.25) is 4.79 Å². The van der Waals surface area contributed by atoms with Crippen molar-refractivity contribution in [2.75, 3.05) is 27.3 Å². The van der Waals surface area contributed by atoms with Crippen LogP contribution in [0.3, 0.4) is 0 Å². The molecule has 0 aromatic rings. The summed E-state index contributed by atoms with van der Waals surface area (Å²) in [6.07, 6.45) is 2.93. The van der Waals surface area contributed by atoms with Crippen LogP contribution in [0.5, 0.6) is 0 Å². The van der Waals surface area contributed by atoms with Crippen molar-refractivity contribution in [1.82, 2.24) is 10.2 Å². The molecule has 1 heterocycles. The first-order valence-corrected chi connectivity index (χ1v) is 5.63. The Morgan fingerprint density at radius 1 is 1.67 bits per heavy atom. The van der Waals surface area contributed by atoms with Crippen LogP contribution in [0.25, 0.3) is 0 Å². The van der Waals surface area contributed by atoms with Gasteiger partial charge in [-0.15, -0.1) is 0 Å². The highest BCUT2D eigenvalue weighted by Crippen LogP contribution is 2.11. The SMILES string of the molecule is COCC(C)N(C)C(=O)CC1CCCN1. The highest BCUT2D eigenvalue weighted by molar-refractivity contribution is 5.76. The molecule has 4 heteroatoms. The van der Waals surface area contributed by atoms with Gasteiger partial charge in [0.15, 0.2) is 0 Å². The van der Waals surface area contributed by atoms with E-state index in [0.29, 0.717) is 19.1 Å². The highest BCUT2D eigenvalue weighted by atomic mass is 16.5. The van der Waals surface area contributed by atoms with E-state index in [9.17, 15) is 4.79 Å². The Balaban J connectivity index is 2.31. The third-order valence-corrected chi connectivity index (χ3v) is 3.05. The highest BCUT2D eigenvalue weighted by Gasteiger charge is 2.22. The predicted octanol–water partition coefficient (Wildman–Crippen LogP) is 0.622. The van der Waals surface area contributed by atoms with E-state index in [4.69, 9.17) is 4.74 Å². The van der Waals surface area contributed by atoms with E-state index in [1.165, 1.54) is 6.42 Å². The zero-order chi connectivity index (χ0) is 11.3. The van der Waals surface area contributed by atoms with Gasteiger partial charge < -0.3 is 15.0 Å². The minimum absolute atomic E-state index is 0.156. The van der Waals surface area contributed by atoms with Crippen molar-refractivity contribution in [2.24, 2.45) is 0 Å². The van der Waals surface area contributed by atoms with Gasteiger partial charge in [0.25, 0.3) is 0 Å². The number of amides is 1. The fraction of sp³-hybridized carbons (Fsp3) is 0.909. The van der Waals surface area contributed by atoms with E-state index in [1.54, 1.807) is 12.0 Å². The number of methoxy groups -OCH3 is 1. The van der Waals surface area contributed by atoms with Crippen molar-refractivity contribution in [3.8, 4) is 0 Å². The zero-order valence-electron chi connectivity index (χ0n) is 9.95. The maximum atomic E-state index is 11.8. The Morgan fingerprint density at radius 3 is 2.93 bits per heavy atom. The van der Waals surface area contributed by atoms with Gasteiger partial charge in [-0.25, -0.2) is 0 Å². The van der Waals surface area contributed by atoms with Crippen LogP contribution in [-0.2, 0) is 9.53 Å². The molecule has 88 valence electrons. The summed E-state index contributed by atoms with van der Waals surface area (Å²) >= 11 is 0. The summed E-state index contributed by atoms with van der Waals surface area (Å²) < 4.78 is 5.04. The number of hydrogen-bond donors (Lipinski definition) is 1. The Morgan fingerprint density at radius 2 is 2.40 bits per heavy atom. The van der Waals surface area contributed by atoms with Crippen LogP contribution < -0.4 is 5.32 Å². The maximum absolute atomic E-state index is 11.8. The third-order valence-electron chi connectivity index (χ3n) is 3.05. The number of nitrogens with zero attached hydrogens (tertiary/aromatic N) is 1. The van der Waals surface area contributed by atoms with E-state index >= 15 is 0 Å². The molecule has 0 aromatic carbocycles. The van der Waals surface area contributed by atoms with Crippen molar-refractivity contribution in [1.29, 1.82) is 0 Å². The quantitative estimate of drug-likeness (QED) is 0.729. The molecule has 0 bridgehead atoms. The maximum Gasteiger partial charge on any atom is 0.224 e. The standard InChI is InChI=1S/C11H22N2O2/c1-9(8-15-3)13(2)11(14)7-10-5-4-6-12-10/h9-10,12H,4-8H2,1-3H3. The average molecular weight is 214 g/mol. The lowest BCUT2D eigenvalue weighted by atomic mass is 10.1. The molecule has 1 aliphatic rings. The van der Waals surface area contributed by atoms with E-state index in [-0.39, 0.29) is 11.9 Å². The number of ether oxygens (including phenoxy) is 1. The Bertz CT molecular complexity index is 203. The van der Waals surface area contributed by atoms with Gasteiger partial charge in [0.2, 0.25) is 5.91 Å². The van der Waals surface area contributed by atoms with Crippen LogP contribution in [-0.4, -0.2) is 50.2 Å². The van der Waals surface area contributed by atoms with Crippen molar-refractivity contribution in [3.05, 3.63) is 0 Å². The van der Waals surface area contributed by atoms with Gasteiger partial charge in [0.05, 0.1) is 12.6 Å². The first kappa shape index (κ1) is 12.5. The number of hydrogen-bond acceptors (Lipinski definition) is 3. The third kappa shape index (κ3) is 3.80. The zero-order valence-corrected chi connectivity index (χ0v) is 9.95. The van der Waals surface area contributed by atoms with Crippen LogP contribution in [0.4, 0.5) is 0 Å². The molecule has 4 nitrogen and oxygen atoms in total. The van der Waals surface area contributed by atoms with Crippen molar-refractivity contribution in [2.45, 2.75) is 38.3 Å². The van der Waals surface area contributed by atoms with Crippen molar-refractivity contribution < 1.29 is 9.53 Å². The first-order valence-electron chi connectivity index (χ1n) is 5.63. The fourth-order valence-electron chi connectivity index (χ4n) is 1.88. The molecule has 1 N–H and O–H groups in total. The lowest BCUT2D eigenvalue weighted by molar-refractivity contribution is -0.133. The average Bonchev–Trinajstić information content (AvgIpc) is 2.69. The summed E-state index contributed by atoms with van der Waals surface area (Å²) in [6, 6.07) is 0.540. The minimum Gasteiger partial charge on any atom is -0.383 e. The van der Waals surface area contributed by atoms with E-state index in [1.807, 2.05) is 14.0 Å². The van der Waals surface area contributed by atoms with Gasteiger partial charge in [-0.2, -0.15) is 0 Å². The molecule has 2 atom stereocenters. The van der Waals surface area contributed by atoms with Gasteiger partial charge in [0.1, 0.15) is 0 Å². The molecule has 1 saturated heterocycles. The van der Waals surface area contributed by atoms with E-state index < -0.39 is 0 Å². The minimum atomic E-state index is 0.156. The molecule has 1 aliphatic heterocycles. The molecular weight excluding hydrogens is 192 g/mol. The number of carbonyl (C=O) groups is 1. The Kier molecular flexibility index (Phi) is 5.05. The lowest BCUT2D eigenvalue weighted by Gasteiger charge is -2.25. The van der Waals surface area contributed by atoms with E-state index in [2.05, 4.69) is 5.32 Å². The smallest absolute Gasteiger partial charge is 0.224 e. The molecule has 0 spiro atoms. The predicted molar refractivity (Wildman–Crippen MR) is 59.7 cm³/mol. The first-order chi connectivity index (χ1) is 7.15. The summed E-state index contributed by atoms with van der Waals surface area (Å²) in [5, 5.41) is 3.33. The van der Waals surface area contributed by atoms with Gasteiger partial charge in [0, 0.05) is 26.6 Å². The molecule has 0 aromatic heterocycles. The van der Waals surface area contributed by atoms with Crippen LogP contribution >= 0.6 is 0 Å². The number of carbonyl (C=O) groups excluding carboxylic acids is 1. The summed E-state index contributed by atoms with van der Waals surface area (Å²) in [5.74, 6) is 0.207. The number of likely N-dealkylation sites (N-methyl/N-ethyl adjacent to an activating group) is 1. The van der Waals surface area contributed by atoms with Gasteiger partial charge in [-0.1, -0.05) is 0 Å². The molecule has 1 rings (SSSR count). The topological polar surface area (TPSA) is 41.6 Å². The Hall–Kier alpha value is -0.610. The Labute approximate surface area is 92.0 Å². The summed E-state index contributed by atoms with van der Waals surface area (Å²) in [5.41, 5.74) is 0. The van der Waals surface area contributed by atoms with Crippen molar-refractivity contribution >= 4 is 5.91 Å². The van der Waals surface area contributed by atoms with Crippen LogP contribution in [0.1, 0.15) is 26.2 Å². The van der Waals surface area contributed by atoms with Gasteiger partial charge in [-0.05, 0) is 26.3 Å². The van der Waals surface area contributed by atoms with Crippen molar-refractivity contribution in [3.63, 3.8) is 0 Å². The molecule has 1 amide bonds. The summed E-state index contributed by atoms with van der Waals surface area (Å²) in [6.45, 7) is 3.65. The van der Waals surface area contributed by atoms with Gasteiger partial charge >= 0.3 is 0 Å². The molecule has 2 unspecified atom stereocenters. The number of nitrogens with one attached hydrogen (secondary N) is 1. The number of rotatable bonds is 5. The normalized spacial score (nSPS) is 22.7. The summed E-state index contributed by atoms with van der Waals surface area (Å²) in [4.78, 5) is 13.6. The molecule has 1 fully saturated rings. The molecular formula is C11H22N2O2. The monoisotopic (exact) mass is 214 g/mol. The van der Waals surface area contributed by atoms with Crippen LogP contribution in [0.2, 0.25) is 0 Å². The molecule has 0 saturated carbocycles. The second kappa shape index (κ2) is 6.08. The summed E-state index contributed by atoms with van der Waals surface area (Å²) in [7, 11) is 3.51. The second-order valence-corrected chi connectivity index (χ2v) is 4.31. The molecule has 0 radical (unpaired) electrons. The largest absolute Gasteiger partial charge is 0.383 e. The van der Waals surface area contributed by atoms with E-state index in [0.717, 1.165) is 13.0 Å². The second-order valence-electron chi connectivity index (χ2n) is 4.31. The molecule has 0 aliphatic carbocycles. The molecule has 15 heavy (non-hydrogen) atoms. The fourth-order valence-corrected chi connectivity index (χ4v) is 1.88. The van der Waals surface area contributed by atoms with Crippen LogP contribution in [0, 0.1) is 0 Å². The lowest BCUT2D eigenvalue weighted by Crippen LogP contribution is -2.40.